The molecule has 1 rings (SSSR count). The molecule has 0 atom stereocenters. The summed E-state index contributed by atoms with van der Waals surface area (Å²) < 4.78 is 1.53. The molecule has 0 radical (unpaired) electrons. The first kappa shape index (κ1) is 10.3. The van der Waals surface area contributed by atoms with Crippen LogP contribution in [0.15, 0.2) is 18.3 Å². The van der Waals surface area contributed by atoms with E-state index in [0.717, 1.165) is 0 Å². The summed E-state index contributed by atoms with van der Waals surface area (Å²) >= 11 is 0. The van der Waals surface area contributed by atoms with Crippen molar-refractivity contribution in [3.05, 3.63) is 24.0 Å². The SMILES string of the molecule is O=C(O)CCCn1cccc1C(=O)O. The third-order valence-electron chi connectivity index (χ3n) is 1.84. The lowest BCUT2D eigenvalue weighted by Gasteiger charge is -2.03. The van der Waals surface area contributed by atoms with Crippen molar-refractivity contribution < 1.29 is 19.8 Å². The van der Waals surface area contributed by atoms with E-state index in [2.05, 4.69) is 0 Å². The lowest BCUT2D eigenvalue weighted by atomic mass is 10.3. The number of rotatable bonds is 5. The van der Waals surface area contributed by atoms with Gasteiger partial charge in [-0.05, 0) is 18.6 Å². The van der Waals surface area contributed by atoms with E-state index in [4.69, 9.17) is 10.2 Å². The standard InChI is InChI=1S/C9H11NO4/c11-8(12)4-2-6-10-5-1-3-7(10)9(13)14/h1,3,5H,2,4,6H2,(H,11,12)(H,13,14). The first-order valence-electron chi connectivity index (χ1n) is 4.21. The predicted molar refractivity (Wildman–Crippen MR) is 48.3 cm³/mol. The van der Waals surface area contributed by atoms with E-state index in [1.807, 2.05) is 0 Å². The number of aromatic nitrogens is 1. The maximum Gasteiger partial charge on any atom is 0.352 e. The van der Waals surface area contributed by atoms with Gasteiger partial charge < -0.3 is 14.8 Å². The van der Waals surface area contributed by atoms with E-state index in [9.17, 15) is 9.59 Å². The quantitative estimate of drug-likeness (QED) is 0.739. The van der Waals surface area contributed by atoms with E-state index < -0.39 is 11.9 Å². The van der Waals surface area contributed by atoms with Gasteiger partial charge in [-0.2, -0.15) is 0 Å². The molecule has 0 amide bonds. The highest BCUT2D eigenvalue weighted by Gasteiger charge is 2.08. The van der Waals surface area contributed by atoms with E-state index >= 15 is 0 Å². The number of carbonyl (C=O) groups is 2. The Morgan fingerprint density at radius 1 is 1.36 bits per heavy atom. The second kappa shape index (κ2) is 4.45. The first-order valence-corrected chi connectivity index (χ1v) is 4.21. The van der Waals surface area contributed by atoms with Gasteiger partial charge in [0.25, 0.3) is 0 Å². The second-order valence-electron chi connectivity index (χ2n) is 2.89. The topological polar surface area (TPSA) is 79.5 Å². The van der Waals surface area contributed by atoms with Crippen LogP contribution in [0.2, 0.25) is 0 Å². The molecule has 0 fully saturated rings. The zero-order valence-corrected chi connectivity index (χ0v) is 7.51. The molecule has 0 saturated carbocycles. The van der Waals surface area contributed by atoms with Crippen molar-refractivity contribution in [3.63, 3.8) is 0 Å². The Labute approximate surface area is 80.6 Å². The summed E-state index contributed by atoms with van der Waals surface area (Å²) in [4.78, 5) is 20.9. The van der Waals surface area contributed by atoms with Gasteiger partial charge >= 0.3 is 11.9 Å². The minimum atomic E-state index is -0.995. The molecule has 2 N–H and O–H groups in total. The maximum atomic E-state index is 10.6. The van der Waals surface area contributed by atoms with Gasteiger partial charge in [0.05, 0.1) is 0 Å². The summed E-state index contributed by atoms with van der Waals surface area (Å²) in [6.07, 6.45) is 2.12. The molecule has 1 aromatic rings. The number of aryl methyl sites for hydroxylation is 1. The Balaban J connectivity index is 2.54. The van der Waals surface area contributed by atoms with Gasteiger partial charge in [0, 0.05) is 19.2 Å². The zero-order chi connectivity index (χ0) is 10.6. The van der Waals surface area contributed by atoms with Crippen LogP contribution < -0.4 is 0 Å². The summed E-state index contributed by atoms with van der Waals surface area (Å²) in [5.41, 5.74) is 0.190. The van der Waals surface area contributed by atoms with Crippen LogP contribution in [0.3, 0.4) is 0 Å². The smallest absolute Gasteiger partial charge is 0.352 e. The molecule has 0 aliphatic carbocycles. The van der Waals surface area contributed by atoms with Crippen LogP contribution in [0.4, 0.5) is 0 Å². The molecule has 0 bridgehead atoms. The Hall–Kier alpha value is -1.78. The van der Waals surface area contributed by atoms with Crippen LogP contribution in [0.1, 0.15) is 23.3 Å². The Bertz CT molecular complexity index is 342. The minimum absolute atomic E-state index is 0.0528. The molecule has 1 heterocycles. The Morgan fingerprint density at radius 3 is 2.64 bits per heavy atom. The summed E-state index contributed by atoms with van der Waals surface area (Å²) in [5.74, 6) is -1.86. The lowest BCUT2D eigenvalue weighted by Crippen LogP contribution is -2.08. The predicted octanol–water partition coefficient (Wildman–Crippen LogP) is 1.05. The molecule has 5 nitrogen and oxygen atoms in total. The lowest BCUT2D eigenvalue weighted by molar-refractivity contribution is -0.137. The van der Waals surface area contributed by atoms with Crippen LogP contribution in [-0.4, -0.2) is 26.7 Å². The number of carboxylic acids is 2. The van der Waals surface area contributed by atoms with Crippen molar-refractivity contribution in [2.45, 2.75) is 19.4 Å². The normalized spacial score (nSPS) is 10.0. The van der Waals surface area contributed by atoms with Gasteiger partial charge in [-0.1, -0.05) is 0 Å². The zero-order valence-electron chi connectivity index (χ0n) is 7.51. The van der Waals surface area contributed by atoms with Gasteiger partial charge in [0.15, 0.2) is 0 Å². The number of hydrogen-bond acceptors (Lipinski definition) is 2. The molecule has 0 unspecified atom stereocenters. The van der Waals surface area contributed by atoms with E-state index in [1.165, 1.54) is 10.6 Å². The molecule has 0 saturated heterocycles. The average molecular weight is 197 g/mol. The molecule has 0 spiro atoms. The van der Waals surface area contributed by atoms with Crippen molar-refractivity contribution in [2.75, 3.05) is 0 Å². The molecule has 0 aliphatic rings. The molecule has 0 aliphatic heterocycles. The van der Waals surface area contributed by atoms with Crippen LogP contribution in [0, 0.1) is 0 Å². The monoisotopic (exact) mass is 197 g/mol. The van der Waals surface area contributed by atoms with Crippen molar-refractivity contribution in [1.82, 2.24) is 4.57 Å². The average Bonchev–Trinajstić information content (AvgIpc) is 2.51. The van der Waals surface area contributed by atoms with Crippen molar-refractivity contribution >= 4 is 11.9 Å². The molecule has 1 aromatic heterocycles. The van der Waals surface area contributed by atoms with Crippen molar-refractivity contribution in [2.24, 2.45) is 0 Å². The summed E-state index contributed by atoms with van der Waals surface area (Å²) in [6, 6.07) is 3.12. The van der Waals surface area contributed by atoms with Crippen LogP contribution in [0.25, 0.3) is 0 Å². The largest absolute Gasteiger partial charge is 0.481 e. The number of nitrogens with zero attached hydrogens (tertiary/aromatic N) is 1. The maximum absolute atomic E-state index is 10.6. The molecule has 76 valence electrons. The van der Waals surface area contributed by atoms with Gasteiger partial charge in [-0.15, -0.1) is 0 Å². The molecule has 5 heteroatoms. The van der Waals surface area contributed by atoms with E-state index in [-0.39, 0.29) is 12.1 Å². The third-order valence-corrected chi connectivity index (χ3v) is 1.84. The molecular weight excluding hydrogens is 186 g/mol. The Kier molecular flexibility index (Phi) is 3.28. The summed E-state index contributed by atoms with van der Waals surface area (Å²) in [7, 11) is 0. The molecular formula is C9H11NO4. The number of aromatic carboxylic acids is 1. The third kappa shape index (κ3) is 2.62. The van der Waals surface area contributed by atoms with Gasteiger partial charge in [0.2, 0.25) is 0 Å². The minimum Gasteiger partial charge on any atom is -0.481 e. The fraction of sp³-hybridized carbons (Fsp3) is 0.333. The number of carboxylic acid groups (broad SMARTS) is 2. The molecule has 14 heavy (non-hydrogen) atoms. The van der Waals surface area contributed by atoms with Crippen molar-refractivity contribution in [1.29, 1.82) is 0 Å². The van der Waals surface area contributed by atoms with Crippen LogP contribution in [-0.2, 0) is 11.3 Å². The van der Waals surface area contributed by atoms with Gasteiger partial charge in [0.1, 0.15) is 5.69 Å². The highest BCUT2D eigenvalue weighted by molar-refractivity contribution is 5.85. The highest BCUT2D eigenvalue weighted by atomic mass is 16.4. The fourth-order valence-electron chi connectivity index (χ4n) is 1.20. The summed E-state index contributed by atoms with van der Waals surface area (Å²) in [5, 5.41) is 17.1. The number of aliphatic carboxylic acids is 1. The number of hydrogen-bond donors (Lipinski definition) is 2. The van der Waals surface area contributed by atoms with E-state index in [0.29, 0.717) is 13.0 Å². The fourth-order valence-corrected chi connectivity index (χ4v) is 1.20. The first-order chi connectivity index (χ1) is 6.61. The van der Waals surface area contributed by atoms with Crippen molar-refractivity contribution in [3.8, 4) is 0 Å². The summed E-state index contributed by atoms with van der Waals surface area (Å²) in [6.45, 7) is 0.418. The second-order valence-corrected chi connectivity index (χ2v) is 2.89. The Morgan fingerprint density at radius 2 is 2.07 bits per heavy atom. The van der Waals surface area contributed by atoms with E-state index in [1.54, 1.807) is 12.3 Å². The van der Waals surface area contributed by atoms with Gasteiger partial charge in [-0.25, -0.2) is 4.79 Å². The highest BCUT2D eigenvalue weighted by Crippen LogP contribution is 2.04. The van der Waals surface area contributed by atoms with Gasteiger partial charge in [-0.3, -0.25) is 4.79 Å². The van der Waals surface area contributed by atoms with Crippen LogP contribution >= 0.6 is 0 Å². The van der Waals surface area contributed by atoms with Crippen LogP contribution in [0.5, 0.6) is 0 Å². The molecule has 0 aromatic carbocycles.